The molecule has 0 aromatic carbocycles. The highest BCUT2D eigenvalue weighted by atomic mass is 79.9. The third-order valence-corrected chi connectivity index (χ3v) is 3.66. The second kappa shape index (κ2) is 7.90. The van der Waals surface area contributed by atoms with Crippen molar-refractivity contribution in [2.24, 2.45) is 0 Å². The third kappa shape index (κ3) is 4.70. The van der Waals surface area contributed by atoms with Crippen molar-refractivity contribution in [1.29, 1.82) is 0 Å². The van der Waals surface area contributed by atoms with Crippen LogP contribution < -0.4 is 5.32 Å². The highest BCUT2D eigenvalue weighted by Gasteiger charge is 2.04. The smallest absolute Gasteiger partial charge is 0.144 e. The number of halogens is 1. The molecule has 1 aromatic heterocycles. The number of anilines is 1. The van der Waals surface area contributed by atoms with Crippen molar-refractivity contribution in [3.63, 3.8) is 0 Å². The fourth-order valence-corrected chi connectivity index (χ4v) is 2.23. The van der Waals surface area contributed by atoms with E-state index in [4.69, 9.17) is 0 Å². The Morgan fingerprint density at radius 3 is 2.88 bits per heavy atom. The standard InChI is InChI=1S/C11H18BrN3S/c1-3-5-13-11-9(12)7-14-10(15-11)8-16-6-4-2/h7H,3-6,8H2,1-2H3,(H,13,14,15). The van der Waals surface area contributed by atoms with Gasteiger partial charge < -0.3 is 5.32 Å². The summed E-state index contributed by atoms with van der Waals surface area (Å²) in [6, 6.07) is 0. The molecule has 1 aromatic rings. The van der Waals surface area contributed by atoms with E-state index in [-0.39, 0.29) is 0 Å². The molecule has 0 radical (unpaired) electrons. The zero-order valence-electron chi connectivity index (χ0n) is 9.79. The lowest BCUT2D eigenvalue weighted by molar-refractivity contribution is 0.946. The molecule has 3 nitrogen and oxygen atoms in total. The quantitative estimate of drug-likeness (QED) is 0.779. The molecule has 0 aliphatic carbocycles. The summed E-state index contributed by atoms with van der Waals surface area (Å²) >= 11 is 5.32. The average Bonchev–Trinajstić information content (AvgIpc) is 2.30. The molecule has 5 heteroatoms. The predicted octanol–water partition coefficient (Wildman–Crippen LogP) is 3.70. The monoisotopic (exact) mass is 303 g/mol. The predicted molar refractivity (Wildman–Crippen MR) is 75.0 cm³/mol. The summed E-state index contributed by atoms with van der Waals surface area (Å²) < 4.78 is 0.935. The molecule has 0 aliphatic rings. The molecule has 0 saturated heterocycles. The maximum atomic E-state index is 4.49. The molecular weight excluding hydrogens is 286 g/mol. The van der Waals surface area contributed by atoms with Crippen LogP contribution in [0.25, 0.3) is 0 Å². The SMILES string of the molecule is CCCNc1nc(CSCCC)ncc1Br. The van der Waals surface area contributed by atoms with E-state index in [2.05, 4.69) is 45.1 Å². The van der Waals surface area contributed by atoms with E-state index >= 15 is 0 Å². The number of rotatable bonds is 7. The molecule has 90 valence electrons. The van der Waals surface area contributed by atoms with E-state index in [0.717, 1.165) is 40.6 Å². The Morgan fingerprint density at radius 2 is 2.19 bits per heavy atom. The molecule has 0 aliphatic heterocycles. The second-order valence-electron chi connectivity index (χ2n) is 3.46. The van der Waals surface area contributed by atoms with Crippen LogP contribution in [0.2, 0.25) is 0 Å². The van der Waals surface area contributed by atoms with Gasteiger partial charge in [-0.25, -0.2) is 9.97 Å². The van der Waals surface area contributed by atoms with Crippen molar-refractivity contribution in [2.45, 2.75) is 32.4 Å². The Kier molecular flexibility index (Phi) is 6.80. The van der Waals surface area contributed by atoms with Gasteiger partial charge in [0.25, 0.3) is 0 Å². The van der Waals surface area contributed by atoms with Gasteiger partial charge in [0.2, 0.25) is 0 Å². The number of nitrogens with zero attached hydrogens (tertiary/aromatic N) is 2. The summed E-state index contributed by atoms with van der Waals surface area (Å²) in [5.74, 6) is 3.86. The number of nitrogens with one attached hydrogen (secondary N) is 1. The van der Waals surface area contributed by atoms with E-state index in [1.165, 1.54) is 6.42 Å². The van der Waals surface area contributed by atoms with Crippen LogP contribution in [0.15, 0.2) is 10.7 Å². The van der Waals surface area contributed by atoms with Crippen molar-refractivity contribution >= 4 is 33.5 Å². The first-order valence-electron chi connectivity index (χ1n) is 5.61. The topological polar surface area (TPSA) is 37.8 Å². The highest BCUT2D eigenvalue weighted by Crippen LogP contribution is 2.20. The van der Waals surface area contributed by atoms with E-state index < -0.39 is 0 Å². The van der Waals surface area contributed by atoms with Crippen LogP contribution >= 0.6 is 27.7 Å². The van der Waals surface area contributed by atoms with Crippen molar-refractivity contribution in [1.82, 2.24) is 9.97 Å². The molecule has 0 saturated carbocycles. The third-order valence-electron chi connectivity index (χ3n) is 1.92. The number of aromatic nitrogens is 2. The van der Waals surface area contributed by atoms with Crippen molar-refractivity contribution in [3.8, 4) is 0 Å². The van der Waals surface area contributed by atoms with Gasteiger partial charge in [0, 0.05) is 12.7 Å². The summed E-state index contributed by atoms with van der Waals surface area (Å²) in [6.45, 7) is 5.26. The van der Waals surface area contributed by atoms with E-state index in [0.29, 0.717) is 0 Å². The van der Waals surface area contributed by atoms with Gasteiger partial charge in [-0.3, -0.25) is 0 Å². The van der Waals surface area contributed by atoms with Gasteiger partial charge in [0.1, 0.15) is 11.6 Å². The first kappa shape index (κ1) is 13.8. The largest absolute Gasteiger partial charge is 0.369 e. The van der Waals surface area contributed by atoms with E-state index in [1.807, 2.05) is 18.0 Å². The summed E-state index contributed by atoms with van der Waals surface area (Å²) in [7, 11) is 0. The number of hydrogen-bond donors (Lipinski definition) is 1. The van der Waals surface area contributed by atoms with Crippen molar-refractivity contribution < 1.29 is 0 Å². The van der Waals surface area contributed by atoms with Gasteiger partial charge in [0.05, 0.1) is 10.2 Å². The van der Waals surface area contributed by atoms with Crippen LogP contribution in [-0.2, 0) is 5.75 Å². The number of hydrogen-bond acceptors (Lipinski definition) is 4. The molecule has 0 bridgehead atoms. The highest BCUT2D eigenvalue weighted by molar-refractivity contribution is 9.10. The van der Waals surface area contributed by atoms with Crippen LogP contribution in [0.1, 0.15) is 32.5 Å². The van der Waals surface area contributed by atoms with Crippen molar-refractivity contribution in [2.75, 3.05) is 17.6 Å². The molecule has 1 N–H and O–H groups in total. The minimum Gasteiger partial charge on any atom is -0.369 e. The Hall–Kier alpha value is -0.290. The molecule has 0 fully saturated rings. The van der Waals surface area contributed by atoms with Gasteiger partial charge in [-0.15, -0.1) is 0 Å². The summed E-state index contributed by atoms with van der Waals surface area (Å²) in [6.07, 6.45) is 4.12. The number of thioether (sulfide) groups is 1. The minimum absolute atomic E-state index is 0.891. The normalized spacial score (nSPS) is 10.4. The van der Waals surface area contributed by atoms with Crippen LogP contribution in [-0.4, -0.2) is 22.3 Å². The molecule has 1 heterocycles. The molecule has 1 rings (SSSR count). The second-order valence-corrected chi connectivity index (χ2v) is 5.42. The van der Waals surface area contributed by atoms with E-state index in [9.17, 15) is 0 Å². The maximum Gasteiger partial charge on any atom is 0.144 e. The maximum absolute atomic E-state index is 4.49. The van der Waals surface area contributed by atoms with Crippen LogP contribution in [0.3, 0.4) is 0 Å². The molecule has 0 amide bonds. The summed E-state index contributed by atoms with van der Waals surface area (Å²) in [5.41, 5.74) is 0. The summed E-state index contributed by atoms with van der Waals surface area (Å²) in [5, 5.41) is 3.29. The van der Waals surface area contributed by atoms with Gasteiger partial charge in [-0.05, 0) is 34.5 Å². The molecule has 0 spiro atoms. The lowest BCUT2D eigenvalue weighted by Crippen LogP contribution is -2.05. The Labute approximate surface area is 110 Å². The van der Waals surface area contributed by atoms with Crippen molar-refractivity contribution in [3.05, 3.63) is 16.5 Å². The average molecular weight is 304 g/mol. The fourth-order valence-electron chi connectivity index (χ4n) is 1.15. The Bertz CT molecular complexity index is 320. The molecular formula is C11H18BrN3S. The van der Waals surface area contributed by atoms with Gasteiger partial charge >= 0.3 is 0 Å². The lowest BCUT2D eigenvalue weighted by atomic mass is 10.4. The Morgan fingerprint density at radius 1 is 1.38 bits per heavy atom. The minimum atomic E-state index is 0.891. The van der Waals surface area contributed by atoms with Crippen LogP contribution in [0.5, 0.6) is 0 Å². The molecule has 0 unspecified atom stereocenters. The first-order chi connectivity index (χ1) is 7.77. The molecule has 0 atom stereocenters. The zero-order valence-corrected chi connectivity index (χ0v) is 12.2. The Balaban J connectivity index is 2.58. The lowest BCUT2D eigenvalue weighted by Gasteiger charge is -2.07. The fraction of sp³-hybridized carbons (Fsp3) is 0.636. The summed E-state index contributed by atoms with van der Waals surface area (Å²) in [4.78, 5) is 8.79. The van der Waals surface area contributed by atoms with Crippen LogP contribution in [0, 0.1) is 0 Å². The first-order valence-corrected chi connectivity index (χ1v) is 7.55. The van der Waals surface area contributed by atoms with Gasteiger partial charge in [-0.2, -0.15) is 11.8 Å². The van der Waals surface area contributed by atoms with Gasteiger partial charge in [-0.1, -0.05) is 13.8 Å². The zero-order chi connectivity index (χ0) is 11.8. The molecule has 16 heavy (non-hydrogen) atoms. The van der Waals surface area contributed by atoms with Gasteiger partial charge in [0.15, 0.2) is 0 Å². The van der Waals surface area contributed by atoms with E-state index in [1.54, 1.807) is 0 Å². The van der Waals surface area contributed by atoms with Crippen LogP contribution in [0.4, 0.5) is 5.82 Å².